The Balaban J connectivity index is 2.20. The van der Waals surface area contributed by atoms with Gasteiger partial charge in [0, 0.05) is 44.6 Å². The van der Waals surface area contributed by atoms with E-state index in [2.05, 4.69) is 29.5 Å². The van der Waals surface area contributed by atoms with Crippen molar-refractivity contribution in [2.45, 2.75) is 116 Å². The minimum absolute atomic E-state index is 0.0292. The van der Waals surface area contributed by atoms with Gasteiger partial charge in [0.05, 0.1) is 36.8 Å². The number of rotatable bonds is 19. The Labute approximate surface area is 293 Å². The van der Waals surface area contributed by atoms with Crippen LogP contribution in [0.1, 0.15) is 79.3 Å². The van der Waals surface area contributed by atoms with Gasteiger partial charge in [-0.1, -0.05) is 54.0 Å². The molecule has 1 aromatic rings. The molecule has 1 saturated heterocycles. The van der Waals surface area contributed by atoms with E-state index in [0.717, 1.165) is 25.0 Å². The Bertz CT molecular complexity index is 1160. The number of aromatic nitrogens is 1. The molecule has 1 aliphatic heterocycles. The third-order valence-electron chi connectivity index (χ3n) is 9.70. The van der Waals surface area contributed by atoms with Gasteiger partial charge >= 0.3 is 0 Å². The summed E-state index contributed by atoms with van der Waals surface area (Å²) in [6.07, 6.45) is 6.03. The van der Waals surface area contributed by atoms with Crippen LogP contribution in [0.25, 0.3) is 0 Å². The number of pyridine rings is 1. The number of likely N-dealkylation sites (tertiary alicyclic amines) is 1. The van der Waals surface area contributed by atoms with Crippen molar-refractivity contribution in [1.29, 1.82) is 0 Å². The lowest BCUT2D eigenvalue weighted by Gasteiger charge is -2.41. The van der Waals surface area contributed by atoms with Gasteiger partial charge in [-0.2, -0.15) is 11.8 Å². The number of amides is 4. The number of hydrogen-bond donors (Lipinski definition) is 2. The molecule has 7 atom stereocenters. The molecular weight excluding hydrogens is 628 g/mol. The molecule has 0 aliphatic carbocycles. The van der Waals surface area contributed by atoms with E-state index < -0.39 is 12.1 Å². The van der Waals surface area contributed by atoms with Crippen LogP contribution >= 0.6 is 11.8 Å². The fourth-order valence-electron chi connectivity index (χ4n) is 6.94. The molecule has 0 radical (unpaired) electrons. The lowest BCUT2D eigenvalue weighted by atomic mass is 9.89. The highest BCUT2D eigenvalue weighted by molar-refractivity contribution is 7.99. The van der Waals surface area contributed by atoms with Gasteiger partial charge in [-0.05, 0) is 63.1 Å². The van der Waals surface area contributed by atoms with Crippen molar-refractivity contribution < 1.29 is 23.9 Å². The Morgan fingerprint density at radius 2 is 1.75 bits per heavy atom. The fraction of sp³-hybridized carbons (Fsp3) is 0.750. The molecule has 0 aromatic carbocycles. The maximum atomic E-state index is 14.1. The number of carbonyl (C=O) groups is 4. The number of thioether (sulfide) groups is 1. The van der Waals surface area contributed by atoms with Gasteiger partial charge in [0.15, 0.2) is 0 Å². The zero-order valence-corrected chi connectivity index (χ0v) is 32.0. The van der Waals surface area contributed by atoms with Crippen molar-refractivity contribution in [3.8, 4) is 0 Å². The van der Waals surface area contributed by atoms with Gasteiger partial charge in [0.25, 0.3) is 0 Å². The first-order valence-electron chi connectivity index (χ1n) is 17.4. The van der Waals surface area contributed by atoms with Crippen LogP contribution in [0.15, 0.2) is 24.4 Å². The van der Waals surface area contributed by atoms with Crippen molar-refractivity contribution in [3.05, 3.63) is 30.1 Å². The summed E-state index contributed by atoms with van der Waals surface area (Å²) < 4.78 is 6.01. The van der Waals surface area contributed by atoms with Gasteiger partial charge < -0.3 is 25.2 Å². The van der Waals surface area contributed by atoms with Crippen molar-refractivity contribution in [2.24, 2.45) is 17.8 Å². The van der Waals surface area contributed by atoms with Crippen LogP contribution in [-0.4, -0.2) is 120 Å². The van der Waals surface area contributed by atoms with Crippen LogP contribution in [0.5, 0.6) is 0 Å². The predicted octanol–water partition coefficient (Wildman–Crippen LogP) is 3.82. The Kier molecular flexibility index (Phi) is 17.4. The summed E-state index contributed by atoms with van der Waals surface area (Å²) >= 11 is 1.61. The zero-order valence-electron chi connectivity index (χ0n) is 31.2. The summed E-state index contributed by atoms with van der Waals surface area (Å²) in [5.74, 6) is -0.524. The fourth-order valence-corrected chi connectivity index (χ4v) is 7.85. The SMILES string of the molecule is CCC(C)C(C(CC(=O)N1CCCC1C(CC(=O)NCc1ccccn1)SC)OC)N(C)C(=O)C(NC(=O)C(C(C)C)N(C)C)C(C)C. The van der Waals surface area contributed by atoms with Gasteiger partial charge in [-0.15, -0.1) is 0 Å². The molecule has 7 unspecified atom stereocenters. The van der Waals surface area contributed by atoms with E-state index in [9.17, 15) is 19.2 Å². The maximum Gasteiger partial charge on any atom is 0.245 e. The Hall–Kier alpha value is -2.70. The molecule has 1 aromatic heterocycles. The first-order valence-corrected chi connectivity index (χ1v) is 18.7. The van der Waals surface area contributed by atoms with E-state index in [1.165, 1.54) is 0 Å². The summed E-state index contributed by atoms with van der Waals surface area (Å²) in [6.45, 7) is 13.0. The van der Waals surface area contributed by atoms with Crippen LogP contribution in [-0.2, 0) is 30.5 Å². The molecule has 4 amide bonds. The third-order valence-corrected chi connectivity index (χ3v) is 10.8. The van der Waals surface area contributed by atoms with Gasteiger partial charge in [-0.3, -0.25) is 29.1 Å². The quantitative estimate of drug-likeness (QED) is 0.225. The second kappa shape index (κ2) is 20.1. The number of nitrogens with zero attached hydrogens (tertiary/aromatic N) is 4. The van der Waals surface area contributed by atoms with Gasteiger partial charge in [0.2, 0.25) is 23.6 Å². The molecule has 1 fully saturated rings. The van der Waals surface area contributed by atoms with Crippen LogP contribution in [0, 0.1) is 17.8 Å². The summed E-state index contributed by atoms with van der Waals surface area (Å²) in [4.78, 5) is 64.2. The lowest BCUT2D eigenvalue weighted by molar-refractivity contribution is -0.146. The van der Waals surface area contributed by atoms with Crippen LogP contribution < -0.4 is 10.6 Å². The Morgan fingerprint density at radius 3 is 2.27 bits per heavy atom. The average Bonchev–Trinajstić information content (AvgIpc) is 3.54. The average molecular weight is 691 g/mol. The van der Waals surface area contributed by atoms with Crippen LogP contribution in [0.2, 0.25) is 0 Å². The number of methoxy groups -OCH3 is 1. The zero-order chi connectivity index (χ0) is 36.1. The van der Waals surface area contributed by atoms with E-state index in [-0.39, 0.29) is 71.2 Å². The maximum absolute atomic E-state index is 14.1. The first-order chi connectivity index (χ1) is 22.7. The van der Waals surface area contributed by atoms with E-state index in [0.29, 0.717) is 19.5 Å². The number of likely N-dealkylation sites (N-methyl/N-ethyl adjacent to an activating group) is 2. The van der Waals surface area contributed by atoms with Crippen LogP contribution in [0.4, 0.5) is 0 Å². The normalized spacial score (nSPS) is 18.7. The summed E-state index contributed by atoms with van der Waals surface area (Å²) in [7, 11) is 7.09. The van der Waals surface area contributed by atoms with Crippen molar-refractivity contribution in [2.75, 3.05) is 41.1 Å². The highest BCUT2D eigenvalue weighted by Gasteiger charge is 2.41. The summed E-state index contributed by atoms with van der Waals surface area (Å²) in [6, 6.07) is 4.05. The molecule has 272 valence electrons. The monoisotopic (exact) mass is 690 g/mol. The third kappa shape index (κ3) is 11.4. The number of carbonyl (C=O) groups excluding carboxylic acids is 4. The molecule has 12 heteroatoms. The molecular formula is C36H62N6O5S. The topological polar surface area (TPSA) is 124 Å². The molecule has 2 heterocycles. The second-order valence-electron chi connectivity index (χ2n) is 14.1. The molecule has 48 heavy (non-hydrogen) atoms. The number of hydrogen-bond acceptors (Lipinski definition) is 8. The second-order valence-corrected chi connectivity index (χ2v) is 15.1. The van der Waals surface area contributed by atoms with Crippen LogP contribution in [0.3, 0.4) is 0 Å². The van der Waals surface area contributed by atoms with E-state index in [1.54, 1.807) is 37.0 Å². The minimum Gasteiger partial charge on any atom is -0.379 e. The largest absolute Gasteiger partial charge is 0.379 e. The summed E-state index contributed by atoms with van der Waals surface area (Å²) in [5.41, 5.74) is 0.796. The standard InChI is InChI=1S/C36H62N6O5S/c1-12-25(6)34(41(9)36(46)32(23(2)3)39-35(45)33(24(4)5)40(7)8)28(47-10)20-31(44)42-19-15-17-27(42)29(48-11)21-30(43)38-22-26-16-13-14-18-37-26/h13-14,16,18,23-25,27-29,32-34H,12,15,17,19-22H2,1-11H3,(H,38,43)(H,39,45). The molecule has 11 nitrogen and oxygen atoms in total. The van der Waals surface area contributed by atoms with Gasteiger partial charge in [0.1, 0.15) is 6.04 Å². The molecule has 1 aliphatic rings. The summed E-state index contributed by atoms with van der Waals surface area (Å²) in [5, 5.41) is 5.96. The molecule has 2 N–H and O–H groups in total. The first kappa shape index (κ1) is 41.5. The Morgan fingerprint density at radius 1 is 1.06 bits per heavy atom. The molecule has 0 saturated carbocycles. The highest BCUT2D eigenvalue weighted by atomic mass is 32.2. The van der Waals surface area contributed by atoms with E-state index in [1.807, 2.05) is 76.0 Å². The number of ether oxygens (including phenoxy) is 1. The molecule has 2 rings (SSSR count). The van der Waals surface area contributed by atoms with Gasteiger partial charge in [-0.25, -0.2) is 0 Å². The highest BCUT2D eigenvalue weighted by Crippen LogP contribution is 2.31. The predicted molar refractivity (Wildman–Crippen MR) is 193 cm³/mol. The van der Waals surface area contributed by atoms with Crippen molar-refractivity contribution >= 4 is 35.4 Å². The molecule has 0 bridgehead atoms. The minimum atomic E-state index is -0.724. The molecule has 0 spiro atoms. The van der Waals surface area contributed by atoms with E-state index in [4.69, 9.17) is 4.74 Å². The van der Waals surface area contributed by atoms with Crippen molar-refractivity contribution in [3.63, 3.8) is 0 Å². The lowest BCUT2D eigenvalue weighted by Crippen LogP contribution is -2.59. The van der Waals surface area contributed by atoms with E-state index >= 15 is 0 Å². The van der Waals surface area contributed by atoms with Crippen molar-refractivity contribution in [1.82, 2.24) is 30.3 Å². The number of nitrogens with one attached hydrogen (secondary N) is 2. The smallest absolute Gasteiger partial charge is 0.245 e.